The predicted octanol–water partition coefficient (Wildman–Crippen LogP) is 15.7. The van der Waals surface area contributed by atoms with E-state index in [2.05, 4.69) is 256 Å². The number of benzene rings is 9. The standard InChI is InChI=1S/C58H55N3Si2/c1-40-18-16-22-45(36-40)59(43-28-32-47(33-29-43)62(3,4)5)53-38-55-57(51-26-14-12-24-49(51)53)58-52-27-15-13-25-50(52)54(39-56(58)61(55)42-20-10-9-11-21-42)60(46-23-17-19-41(2)37-46)44-30-34-48(35-31-44)63(6,7)8/h9-39H,1-8H3. The average molecular weight is 850 g/mol. The van der Waals surface area contributed by atoms with Crippen LogP contribution in [-0.4, -0.2) is 20.7 Å². The zero-order chi connectivity index (χ0) is 43.6. The molecule has 0 saturated heterocycles. The van der Waals surface area contributed by atoms with Crippen molar-refractivity contribution >= 4 is 104 Å². The van der Waals surface area contributed by atoms with Crippen molar-refractivity contribution in [2.75, 3.05) is 9.80 Å². The van der Waals surface area contributed by atoms with Gasteiger partial charge in [0.05, 0.1) is 38.6 Å². The molecule has 0 bridgehead atoms. The number of anilines is 6. The van der Waals surface area contributed by atoms with Crippen LogP contribution in [-0.2, 0) is 0 Å². The molecule has 9 aromatic carbocycles. The van der Waals surface area contributed by atoms with Gasteiger partial charge in [0, 0.05) is 50.0 Å². The van der Waals surface area contributed by atoms with Crippen LogP contribution in [0.5, 0.6) is 0 Å². The molecule has 0 radical (unpaired) electrons. The second kappa shape index (κ2) is 15.6. The molecule has 0 fully saturated rings. The summed E-state index contributed by atoms with van der Waals surface area (Å²) in [6.45, 7) is 18.9. The van der Waals surface area contributed by atoms with E-state index in [0.29, 0.717) is 0 Å². The zero-order valence-corrected chi connectivity index (χ0v) is 39.7. The van der Waals surface area contributed by atoms with E-state index in [1.807, 2.05) is 0 Å². The highest BCUT2D eigenvalue weighted by atomic mass is 28.3. The molecule has 10 rings (SSSR count). The van der Waals surface area contributed by atoms with E-state index in [9.17, 15) is 0 Å². The van der Waals surface area contributed by atoms with E-state index < -0.39 is 16.1 Å². The molecule has 1 aromatic heterocycles. The van der Waals surface area contributed by atoms with Crippen molar-refractivity contribution in [1.82, 2.24) is 4.57 Å². The maximum absolute atomic E-state index is 2.52. The van der Waals surface area contributed by atoms with Crippen molar-refractivity contribution in [2.24, 2.45) is 0 Å². The topological polar surface area (TPSA) is 11.4 Å². The number of hydrogen-bond donors (Lipinski definition) is 0. The van der Waals surface area contributed by atoms with Gasteiger partial charge in [-0.05, 0) is 109 Å². The molecule has 10 aromatic rings. The van der Waals surface area contributed by atoms with Crippen molar-refractivity contribution < 1.29 is 0 Å². The van der Waals surface area contributed by atoms with E-state index in [0.717, 1.165) is 39.8 Å². The SMILES string of the molecule is Cc1cccc(N(c2ccc([Si](C)(C)C)cc2)c2cc3c(c4ccccc24)c2c4ccccc4c(N(c4ccc([Si](C)(C)C)cc4)c4cccc(C)c4)cc2n3-c2ccccc2)c1. The Morgan fingerprint density at radius 1 is 0.349 bits per heavy atom. The fraction of sp³-hybridized carbons (Fsp3) is 0.138. The largest absolute Gasteiger partial charge is 0.310 e. The van der Waals surface area contributed by atoms with E-state index in [-0.39, 0.29) is 0 Å². The lowest BCUT2D eigenvalue weighted by Crippen LogP contribution is -2.37. The second-order valence-corrected chi connectivity index (χ2v) is 29.4. The molecule has 63 heavy (non-hydrogen) atoms. The number of para-hydroxylation sites is 1. The summed E-state index contributed by atoms with van der Waals surface area (Å²) in [4.78, 5) is 4.95. The Labute approximate surface area is 374 Å². The summed E-state index contributed by atoms with van der Waals surface area (Å²) in [6, 6.07) is 70.6. The lowest BCUT2D eigenvalue weighted by atomic mass is 9.96. The number of fused-ring (bicyclic) bond motifs is 7. The maximum atomic E-state index is 2.52. The highest BCUT2D eigenvalue weighted by molar-refractivity contribution is 6.89. The van der Waals surface area contributed by atoms with Gasteiger partial charge in [0.25, 0.3) is 0 Å². The van der Waals surface area contributed by atoms with E-state index in [1.54, 1.807) is 0 Å². The van der Waals surface area contributed by atoms with Gasteiger partial charge in [-0.15, -0.1) is 0 Å². The van der Waals surface area contributed by atoms with Crippen molar-refractivity contribution in [3.8, 4) is 5.69 Å². The van der Waals surface area contributed by atoms with Gasteiger partial charge >= 0.3 is 0 Å². The minimum Gasteiger partial charge on any atom is -0.310 e. The van der Waals surface area contributed by atoms with Gasteiger partial charge in [0.1, 0.15) is 0 Å². The van der Waals surface area contributed by atoms with Gasteiger partial charge < -0.3 is 14.4 Å². The summed E-state index contributed by atoms with van der Waals surface area (Å²) in [5.74, 6) is 0. The molecule has 1 heterocycles. The van der Waals surface area contributed by atoms with Crippen molar-refractivity contribution in [2.45, 2.75) is 53.1 Å². The molecular weight excluding hydrogens is 795 g/mol. The quantitative estimate of drug-likeness (QED) is 0.134. The van der Waals surface area contributed by atoms with Crippen LogP contribution in [0.4, 0.5) is 34.1 Å². The molecule has 0 aliphatic carbocycles. The number of aryl methyl sites for hydroxylation is 2. The molecule has 0 spiro atoms. The lowest BCUT2D eigenvalue weighted by Gasteiger charge is -2.28. The fourth-order valence-corrected chi connectivity index (χ4v) is 11.9. The van der Waals surface area contributed by atoms with E-state index in [1.165, 1.54) is 64.9 Å². The lowest BCUT2D eigenvalue weighted by molar-refractivity contribution is 1.18. The highest BCUT2D eigenvalue weighted by Gasteiger charge is 2.27. The van der Waals surface area contributed by atoms with Crippen LogP contribution >= 0.6 is 0 Å². The summed E-state index contributed by atoms with van der Waals surface area (Å²) in [5, 5.41) is 10.3. The highest BCUT2D eigenvalue weighted by Crippen LogP contribution is 2.50. The van der Waals surface area contributed by atoms with Crippen LogP contribution in [0.25, 0.3) is 49.0 Å². The number of nitrogens with zero attached hydrogens (tertiary/aromatic N) is 3. The first kappa shape index (κ1) is 40.4. The zero-order valence-electron chi connectivity index (χ0n) is 37.7. The molecule has 0 N–H and O–H groups in total. The van der Waals surface area contributed by atoms with Gasteiger partial charge in [-0.3, -0.25) is 0 Å². The third-order valence-corrected chi connectivity index (χ3v) is 16.9. The van der Waals surface area contributed by atoms with E-state index in [4.69, 9.17) is 0 Å². The first-order chi connectivity index (χ1) is 30.3. The molecule has 0 amide bonds. The van der Waals surface area contributed by atoms with Gasteiger partial charge in [-0.1, -0.05) is 165 Å². The van der Waals surface area contributed by atoms with Gasteiger partial charge in [-0.25, -0.2) is 0 Å². The van der Waals surface area contributed by atoms with Crippen LogP contribution in [0.1, 0.15) is 11.1 Å². The van der Waals surface area contributed by atoms with Crippen molar-refractivity contribution in [1.29, 1.82) is 0 Å². The summed E-state index contributed by atoms with van der Waals surface area (Å²) >= 11 is 0. The third kappa shape index (κ3) is 7.25. The predicted molar refractivity (Wildman–Crippen MR) is 281 cm³/mol. The van der Waals surface area contributed by atoms with Gasteiger partial charge in [0.15, 0.2) is 0 Å². The molecule has 310 valence electrons. The number of hydrogen-bond acceptors (Lipinski definition) is 2. The smallest absolute Gasteiger partial charge is 0.0775 e. The van der Waals surface area contributed by atoms with Crippen LogP contribution in [0.3, 0.4) is 0 Å². The summed E-state index contributed by atoms with van der Waals surface area (Å²) < 4.78 is 2.52. The molecule has 0 aliphatic heterocycles. The minimum absolute atomic E-state index is 1.13. The van der Waals surface area contributed by atoms with Gasteiger partial charge in [0.2, 0.25) is 0 Å². The molecule has 0 atom stereocenters. The monoisotopic (exact) mass is 849 g/mol. The first-order valence-corrected chi connectivity index (χ1v) is 29.3. The van der Waals surface area contributed by atoms with Crippen LogP contribution < -0.4 is 20.2 Å². The summed E-state index contributed by atoms with van der Waals surface area (Å²) in [5.41, 5.74) is 12.8. The Morgan fingerprint density at radius 2 is 0.730 bits per heavy atom. The van der Waals surface area contributed by atoms with Crippen LogP contribution in [0.2, 0.25) is 39.3 Å². The van der Waals surface area contributed by atoms with Crippen LogP contribution in [0.15, 0.2) is 188 Å². The van der Waals surface area contributed by atoms with Crippen LogP contribution in [0, 0.1) is 13.8 Å². The van der Waals surface area contributed by atoms with Gasteiger partial charge in [-0.2, -0.15) is 0 Å². The number of rotatable bonds is 9. The first-order valence-electron chi connectivity index (χ1n) is 22.3. The molecule has 0 unspecified atom stereocenters. The minimum atomic E-state index is -1.52. The fourth-order valence-electron chi connectivity index (χ4n) is 9.53. The normalized spacial score (nSPS) is 12.1. The Morgan fingerprint density at radius 3 is 1.11 bits per heavy atom. The van der Waals surface area contributed by atoms with Crippen molar-refractivity contribution in [3.63, 3.8) is 0 Å². The Hall–Kier alpha value is -6.67. The maximum Gasteiger partial charge on any atom is 0.0775 e. The Kier molecular flexibility index (Phi) is 10.0. The molecular formula is C58H55N3Si2. The molecule has 5 heteroatoms. The molecule has 3 nitrogen and oxygen atoms in total. The third-order valence-electron chi connectivity index (χ3n) is 12.7. The Bertz CT molecular complexity index is 3110. The summed E-state index contributed by atoms with van der Waals surface area (Å²) in [7, 11) is -3.04. The molecule has 0 saturated carbocycles. The van der Waals surface area contributed by atoms with Crippen molar-refractivity contribution in [3.05, 3.63) is 199 Å². The summed E-state index contributed by atoms with van der Waals surface area (Å²) in [6.07, 6.45) is 0. The average Bonchev–Trinajstić information content (AvgIpc) is 3.61. The number of aromatic nitrogens is 1. The van der Waals surface area contributed by atoms with E-state index >= 15 is 0 Å². The molecule has 0 aliphatic rings. The Balaban J connectivity index is 1.34. The second-order valence-electron chi connectivity index (χ2n) is 19.3.